The highest BCUT2D eigenvalue weighted by Gasteiger charge is 2.27. The van der Waals surface area contributed by atoms with E-state index in [1.807, 2.05) is 19.9 Å². The van der Waals surface area contributed by atoms with Gasteiger partial charge in [-0.3, -0.25) is 40.8 Å². The van der Waals surface area contributed by atoms with E-state index in [9.17, 15) is 45.3 Å². The maximum Gasteiger partial charge on any atom is 0.184 e. The van der Waals surface area contributed by atoms with Gasteiger partial charge in [0.05, 0.1) is 67.6 Å². The van der Waals surface area contributed by atoms with Crippen LogP contribution in [0.1, 0.15) is 130 Å². The predicted molar refractivity (Wildman–Crippen MR) is 416 cm³/mol. The number of aromatic nitrogens is 20. The maximum absolute atomic E-state index is 14.6. The molecule has 574 valence electrons. The molecule has 0 aliphatic carbocycles. The summed E-state index contributed by atoms with van der Waals surface area (Å²) in [6.45, 7) is 13.8. The normalized spacial score (nSPS) is 12.5. The van der Waals surface area contributed by atoms with Crippen LogP contribution in [0.5, 0.6) is 0 Å². The molecule has 0 aliphatic rings. The molecule has 32 heteroatoms. The number of H-pyrrole nitrogens is 8. The molecule has 0 unspecified atom stereocenters. The molecule has 0 spiro atoms. The Bertz CT molecular complexity index is 6000. The number of nitrogens with two attached hydrogens (primary N) is 2. The zero-order valence-electron chi connectivity index (χ0n) is 61.6. The van der Waals surface area contributed by atoms with E-state index in [1.165, 1.54) is 72.8 Å². The van der Waals surface area contributed by atoms with E-state index in [0.717, 1.165) is 27.6 Å². The number of halogens is 8. The Balaban J connectivity index is 0.000000132. The number of hydrogen-bond donors (Lipinski definition) is 12. The lowest BCUT2D eigenvalue weighted by atomic mass is 10.1. The van der Waals surface area contributed by atoms with Crippen LogP contribution < -0.4 is 11.5 Å². The molecule has 14 N–H and O–H groups in total. The molecular weight excluding hydrogens is 1470 g/mol. The highest BCUT2D eigenvalue weighted by Crippen LogP contribution is 2.34. The SMILES string of the molecule is CC(C)(N)c1nc(-c2cc3c(/C=C/c4ccc(F)cc4)n[nH]c3cc2F)n[nH]1.CC(C)(O)c1nc(-c2cc(F)c3n[nH]c(/C=C/c4ccc(F)cc4)c3c2)n[nH]1.CC(C)(O)c1nc(-c2cc3c(/C=C/c4ccc(F)cc4)n[nH]c3cc2F)n[nH]1.CC(C)[C@H](N)c1nc(-c2cc3c(/C=C/c4ccc(F)cc4)n[nH]c3cc2F)n[nH]1. The van der Waals surface area contributed by atoms with Crippen molar-refractivity contribution in [3.05, 3.63) is 260 Å². The van der Waals surface area contributed by atoms with Gasteiger partial charge in [-0.1, -0.05) is 86.7 Å². The van der Waals surface area contributed by atoms with E-state index in [2.05, 4.69) is 102 Å². The van der Waals surface area contributed by atoms with Gasteiger partial charge in [-0.15, -0.1) is 0 Å². The molecule has 0 saturated carbocycles. The lowest BCUT2D eigenvalue weighted by molar-refractivity contribution is 0.0687. The fraction of sp³-hybridized carbons (Fsp3) is 0.160. The highest BCUT2D eigenvalue weighted by atomic mass is 19.2. The third-order valence-electron chi connectivity index (χ3n) is 17.6. The number of nitrogens with one attached hydrogen (secondary N) is 8. The zero-order valence-corrected chi connectivity index (χ0v) is 61.6. The van der Waals surface area contributed by atoms with Crippen LogP contribution in [-0.2, 0) is 16.7 Å². The fourth-order valence-corrected chi connectivity index (χ4v) is 11.3. The van der Waals surface area contributed by atoms with Crippen molar-refractivity contribution in [2.75, 3.05) is 0 Å². The molecule has 0 fully saturated rings. The number of rotatable bonds is 17. The second-order valence-corrected chi connectivity index (χ2v) is 28.2. The lowest BCUT2D eigenvalue weighted by Crippen LogP contribution is -2.30. The summed E-state index contributed by atoms with van der Waals surface area (Å²) < 4.78 is 110. The molecule has 8 heterocycles. The lowest BCUT2D eigenvalue weighted by Gasteiger charge is -2.13. The Hall–Kier alpha value is -13.6. The van der Waals surface area contributed by atoms with Crippen molar-refractivity contribution in [3.63, 3.8) is 0 Å². The quantitative estimate of drug-likeness (QED) is 0.0377. The van der Waals surface area contributed by atoms with Gasteiger partial charge in [0.25, 0.3) is 0 Å². The standard InChI is InChI=1S/C21H20F2N6.C20H18F2N6.2C20H17F2N5O/c1-11(2)19(24)21-25-20(28-29-21)14-9-15-17(26-27-18(15)10-16(14)23)8-5-12-3-6-13(22)7-4-12;1-20(2,23)19-24-18(27-28-19)13-9-14-16(25-26-17(14)10-15(13)22)8-5-11-3-6-12(21)7-4-11;1-20(2,28)19-23-18(26-27-19)12-9-14-16(24-25-17(14)15(22)10-12)8-5-11-3-6-13(21)7-4-11;1-20(2,28)19-23-18(26-27-19)13-9-14-16(24-25-17(14)10-15(13)22)8-5-11-3-6-12(21)7-4-11/h3-11,19H,24H2,1-2H3,(H,26,27)(H,25,28,29);3-10H,23H2,1-2H3,(H,25,26)(H,24,27,28);2*3-10,28H,1-2H3,(H,24,25)(H,23,26,27)/b4*8-5+/t19-;;;/m0.../s1. The van der Waals surface area contributed by atoms with Crippen LogP contribution in [0.2, 0.25) is 0 Å². The van der Waals surface area contributed by atoms with E-state index in [0.29, 0.717) is 72.7 Å². The van der Waals surface area contributed by atoms with Crippen molar-refractivity contribution in [3.8, 4) is 45.6 Å². The van der Waals surface area contributed by atoms with Crippen molar-refractivity contribution >= 4 is 92.2 Å². The predicted octanol–water partition coefficient (Wildman–Crippen LogP) is 16.5. The molecule has 113 heavy (non-hydrogen) atoms. The summed E-state index contributed by atoms with van der Waals surface area (Å²) >= 11 is 0. The summed E-state index contributed by atoms with van der Waals surface area (Å²) in [7, 11) is 0. The minimum Gasteiger partial charge on any atom is -0.382 e. The van der Waals surface area contributed by atoms with E-state index in [1.54, 1.807) is 157 Å². The fourth-order valence-electron chi connectivity index (χ4n) is 11.3. The first kappa shape index (κ1) is 77.6. The average Bonchev–Trinajstić information content (AvgIpc) is 1.66. The molecule has 8 aromatic carbocycles. The van der Waals surface area contributed by atoms with Crippen LogP contribution in [0.3, 0.4) is 0 Å². The van der Waals surface area contributed by atoms with Gasteiger partial charge in [-0.25, -0.2) is 55.1 Å². The van der Waals surface area contributed by atoms with Gasteiger partial charge in [0, 0.05) is 45.3 Å². The summed E-state index contributed by atoms with van der Waals surface area (Å²) in [5.41, 5.74) is 17.7. The Morgan fingerprint density at radius 1 is 0.354 bits per heavy atom. The molecule has 0 radical (unpaired) electrons. The molecule has 0 aliphatic heterocycles. The first-order chi connectivity index (χ1) is 53.8. The second-order valence-electron chi connectivity index (χ2n) is 28.2. The summed E-state index contributed by atoms with van der Waals surface area (Å²) in [6.07, 6.45) is 14.2. The van der Waals surface area contributed by atoms with Crippen LogP contribution in [-0.4, -0.2) is 112 Å². The summed E-state index contributed by atoms with van der Waals surface area (Å²) in [5, 5.41) is 77.8. The molecule has 0 saturated heterocycles. The van der Waals surface area contributed by atoms with Crippen LogP contribution in [0.25, 0.3) is 138 Å². The van der Waals surface area contributed by atoms with Crippen LogP contribution >= 0.6 is 0 Å². The summed E-state index contributed by atoms with van der Waals surface area (Å²) in [5.74, 6) is -0.611. The Kier molecular flexibility index (Phi) is 22.1. The molecule has 16 rings (SSSR count). The molecule has 16 aromatic rings. The van der Waals surface area contributed by atoms with Gasteiger partial charge in [-0.05, 0) is 173 Å². The van der Waals surface area contributed by atoms with Crippen molar-refractivity contribution in [1.82, 2.24) is 102 Å². The van der Waals surface area contributed by atoms with Gasteiger partial charge < -0.3 is 21.7 Å². The van der Waals surface area contributed by atoms with Gasteiger partial charge >= 0.3 is 0 Å². The Morgan fingerprint density at radius 3 is 1.06 bits per heavy atom. The monoisotopic (exact) mass is 1540 g/mol. The minimum absolute atomic E-state index is 0.145. The molecule has 1 atom stereocenters. The minimum atomic E-state index is -1.22. The van der Waals surface area contributed by atoms with Crippen LogP contribution in [0.4, 0.5) is 35.1 Å². The van der Waals surface area contributed by atoms with E-state index in [-0.39, 0.29) is 92.4 Å². The van der Waals surface area contributed by atoms with Crippen LogP contribution in [0.15, 0.2) is 146 Å². The maximum atomic E-state index is 14.6. The van der Waals surface area contributed by atoms with Crippen molar-refractivity contribution < 1.29 is 45.3 Å². The second kappa shape index (κ2) is 32.2. The van der Waals surface area contributed by atoms with Crippen molar-refractivity contribution in [1.29, 1.82) is 0 Å². The van der Waals surface area contributed by atoms with E-state index >= 15 is 0 Å². The molecule has 0 amide bonds. The highest BCUT2D eigenvalue weighted by molar-refractivity contribution is 5.96. The number of nitrogens with zero attached hydrogens (tertiary/aromatic N) is 12. The van der Waals surface area contributed by atoms with Crippen molar-refractivity contribution in [2.24, 2.45) is 17.4 Å². The van der Waals surface area contributed by atoms with E-state index < -0.39 is 40.0 Å². The first-order valence-corrected chi connectivity index (χ1v) is 35.0. The van der Waals surface area contributed by atoms with Gasteiger partial charge in [-0.2, -0.15) is 40.8 Å². The number of aliphatic hydroxyl groups is 2. The van der Waals surface area contributed by atoms with E-state index in [4.69, 9.17) is 11.5 Å². The third-order valence-corrected chi connectivity index (χ3v) is 17.6. The summed E-state index contributed by atoms with van der Waals surface area (Å²) in [6, 6.07) is 35.9. The number of benzene rings is 8. The topological polar surface area (TPSA) is 374 Å². The average molecular weight is 1540 g/mol. The van der Waals surface area contributed by atoms with Gasteiger partial charge in [0.1, 0.15) is 69.1 Å². The molecule has 8 aromatic heterocycles. The molecule has 0 bridgehead atoms. The van der Waals surface area contributed by atoms with Crippen molar-refractivity contribution in [2.45, 2.75) is 78.2 Å². The first-order valence-electron chi connectivity index (χ1n) is 35.0. The van der Waals surface area contributed by atoms with Gasteiger partial charge in [0.15, 0.2) is 40.8 Å². The number of fused-ring (bicyclic) bond motifs is 4. The smallest absolute Gasteiger partial charge is 0.184 e. The number of hydrogen-bond acceptors (Lipinski definition) is 16. The molecular formula is C81H72F8N22O2. The van der Waals surface area contributed by atoms with Crippen LogP contribution in [0, 0.1) is 52.5 Å². The zero-order chi connectivity index (χ0) is 80.2. The largest absolute Gasteiger partial charge is 0.382 e. The Labute approximate surface area is 637 Å². The third kappa shape index (κ3) is 18.2. The summed E-state index contributed by atoms with van der Waals surface area (Å²) in [4.78, 5) is 17.1. The van der Waals surface area contributed by atoms with Gasteiger partial charge in [0.2, 0.25) is 0 Å². The molecule has 24 nitrogen and oxygen atoms in total. The number of aromatic amines is 8. The Morgan fingerprint density at radius 2 is 0.699 bits per heavy atom.